The highest BCUT2D eigenvalue weighted by molar-refractivity contribution is 6.33. The number of carbonyl (C=O) groups is 2. The minimum absolute atomic E-state index is 0.126. The number of non-ortho nitro benzene ring substituents is 1. The van der Waals surface area contributed by atoms with Crippen molar-refractivity contribution in [3.05, 3.63) is 38.9 Å². The predicted octanol–water partition coefficient (Wildman–Crippen LogP) is 1.49. The Labute approximate surface area is 99.7 Å². The van der Waals surface area contributed by atoms with Gasteiger partial charge in [0.1, 0.15) is 0 Å². The summed E-state index contributed by atoms with van der Waals surface area (Å²) < 4.78 is 4.38. The molecule has 1 rings (SSSR count). The third-order valence-electron chi connectivity index (χ3n) is 1.71. The highest BCUT2D eigenvalue weighted by Crippen LogP contribution is 2.22. The first-order chi connectivity index (χ1) is 7.91. The number of esters is 1. The van der Waals surface area contributed by atoms with Gasteiger partial charge in [0.25, 0.3) is 5.69 Å². The van der Waals surface area contributed by atoms with Gasteiger partial charge in [-0.3, -0.25) is 10.1 Å². The Bertz CT molecular complexity index is 486. The van der Waals surface area contributed by atoms with Crippen LogP contribution in [0.15, 0.2) is 18.2 Å². The molecule has 7 nitrogen and oxygen atoms in total. The molecule has 90 valence electrons. The van der Waals surface area contributed by atoms with Crippen molar-refractivity contribution in [2.24, 2.45) is 0 Å². The Morgan fingerprint density at radius 3 is 2.59 bits per heavy atom. The first-order valence-corrected chi connectivity index (χ1v) is 4.62. The summed E-state index contributed by atoms with van der Waals surface area (Å²) in [6.07, 6.45) is 0. The van der Waals surface area contributed by atoms with Crippen LogP contribution in [0.4, 0.5) is 5.69 Å². The summed E-state index contributed by atoms with van der Waals surface area (Å²) in [5.41, 5.74) is -0.400. The summed E-state index contributed by atoms with van der Waals surface area (Å²) in [7, 11) is 0. The van der Waals surface area contributed by atoms with Crippen LogP contribution in [0.5, 0.6) is 0 Å². The molecule has 0 fully saturated rings. The van der Waals surface area contributed by atoms with E-state index in [1.165, 1.54) is 0 Å². The molecule has 0 saturated carbocycles. The minimum atomic E-state index is -1.31. The monoisotopic (exact) mass is 259 g/mol. The van der Waals surface area contributed by atoms with Gasteiger partial charge in [0.15, 0.2) is 6.61 Å². The van der Waals surface area contributed by atoms with Gasteiger partial charge in [-0.1, -0.05) is 11.6 Å². The molecule has 0 amide bonds. The summed E-state index contributed by atoms with van der Waals surface area (Å²) in [5, 5.41) is 18.5. The van der Waals surface area contributed by atoms with Gasteiger partial charge in [0.2, 0.25) is 0 Å². The number of carbonyl (C=O) groups excluding carboxylic acids is 1. The molecule has 0 radical (unpaired) electrons. The van der Waals surface area contributed by atoms with Gasteiger partial charge < -0.3 is 9.84 Å². The smallest absolute Gasteiger partial charge is 0.341 e. The first-order valence-electron chi connectivity index (χ1n) is 4.24. The predicted molar refractivity (Wildman–Crippen MR) is 56.0 cm³/mol. The second-order valence-corrected chi connectivity index (χ2v) is 3.30. The molecule has 1 aromatic carbocycles. The topological polar surface area (TPSA) is 107 Å². The van der Waals surface area contributed by atoms with Gasteiger partial charge in [-0.05, 0) is 6.07 Å². The maximum absolute atomic E-state index is 11.3. The third-order valence-corrected chi connectivity index (χ3v) is 2.02. The fourth-order valence-corrected chi connectivity index (χ4v) is 1.24. The Morgan fingerprint density at radius 1 is 1.47 bits per heavy atom. The minimum Gasteiger partial charge on any atom is -0.479 e. The summed E-state index contributed by atoms with van der Waals surface area (Å²) in [6, 6.07) is 3.16. The Hall–Kier alpha value is -2.15. The van der Waals surface area contributed by atoms with E-state index in [1.54, 1.807) is 0 Å². The maximum Gasteiger partial charge on any atom is 0.341 e. The van der Waals surface area contributed by atoms with E-state index in [-0.39, 0.29) is 16.3 Å². The summed E-state index contributed by atoms with van der Waals surface area (Å²) in [5.74, 6) is -2.26. The van der Waals surface area contributed by atoms with Crippen LogP contribution in [0.3, 0.4) is 0 Å². The molecular weight excluding hydrogens is 254 g/mol. The van der Waals surface area contributed by atoms with Crippen LogP contribution in [0.1, 0.15) is 10.4 Å². The zero-order valence-corrected chi connectivity index (χ0v) is 9.01. The standard InChI is InChI=1S/C9H6ClNO6/c10-7-3-5(11(15)16)1-2-6(7)9(14)17-4-8(12)13/h1-3H,4H2,(H,12,13). The molecule has 0 aromatic heterocycles. The normalized spacial score (nSPS) is 9.71. The van der Waals surface area contributed by atoms with E-state index in [0.29, 0.717) is 0 Å². The van der Waals surface area contributed by atoms with E-state index in [4.69, 9.17) is 16.7 Å². The van der Waals surface area contributed by atoms with Crippen LogP contribution in [0.2, 0.25) is 5.02 Å². The molecule has 1 aromatic rings. The number of benzene rings is 1. The Balaban J connectivity index is 2.88. The van der Waals surface area contributed by atoms with E-state index in [1.807, 2.05) is 0 Å². The Kier molecular flexibility index (Phi) is 4.00. The molecule has 0 spiro atoms. The number of halogens is 1. The largest absolute Gasteiger partial charge is 0.479 e. The van der Waals surface area contributed by atoms with E-state index >= 15 is 0 Å². The van der Waals surface area contributed by atoms with Crippen LogP contribution < -0.4 is 0 Å². The number of carboxylic acids is 1. The van der Waals surface area contributed by atoms with Crippen molar-refractivity contribution in [3.8, 4) is 0 Å². The van der Waals surface area contributed by atoms with E-state index in [2.05, 4.69) is 4.74 Å². The number of nitrogens with zero attached hydrogens (tertiary/aromatic N) is 1. The quantitative estimate of drug-likeness (QED) is 0.499. The number of rotatable bonds is 4. The molecule has 17 heavy (non-hydrogen) atoms. The molecule has 0 aliphatic carbocycles. The van der Waals surface area contributed by atoms with Crippen LogP contribution in [0, 0.1) is 10.1 Å². The molecule has 8 heteroatoms. The number of hydrogen-bond donors (Lipinski definition) is 1. The zero-order chi connectivity index (χ0) is 13.0. The molecule has 0 unspecified atom stereocenters. The van der Waals surface area contributed by atoms with Crippen LogP contribution in [0.25, 0.3) is 0 Å². The van der Waals surface area contributed by atoms with E-state index in [9.17, 15) is 19.7 Å². The lowest BCUT2D eigenvalue weighted by molar-refractivity contribution is -0.384. The lowest BCUT2D eigenvalue weighted by Gasteiger charge is -2.03. The molecular formula is C9H6ClNO6. The average molecular weight is 260 g/mol. The Morgan fingerprint density at radius 2 is 2.12 bits per heavy atom. The van der Waals surface area contributed by atoms with E-state index < -0.39 is 23.5 Å². The number of nitro groups is 1. The van der Waals surface area contributed by atoms with Crippen molar-refractivity contribution in [2.75, 3.05) is 6.61 Å². The van der Waals surface area contributed by atoms with Crippen molar-refractivity contribution in [3.63, 3.8) is 0 Å². The number of carboxylic acid groups (broad SMARTS) is 1. The maximum atomic E-state index is 11.3. The molecule has 0 aliphatic rings. The summed E-state index contributed by atoms with van der Waals surface area (Å²) in [4.78, 5) is 31.2. The van der Waals surface area contributed by atoms with Crippen molar-refractivity contribution in [1.29, 1.82) is 0 Å². The number of nitro benzene ring substituents is 1. The molecule has 0 aliphatic heterocycles. The second-order valence-electron chi connectivity index (χ2n) is 2.89. The van der Waals surface area contributed by atoms with Crippen molar-refractivity contribution >= 4 is 29.2 Å². The molecule has 0 heterocycles. The fraction of sp³-hybridized carbons (Fsp3) is 0.111. The number of ether oxygens (including phenoxy) is 1. The summed E-state index contributed by atoms with van der Waals surface area (Å²) in [6.45, 7) is -0.799. The fourth-order valence-electron chi connectivity index (χ4n) is 0.988. The van der Waals surface area contributed by atoms with Gasteiger partial charge in [-0.15, -0.1) is 0 Å². The highest BCUT2D eigenvalue weighted by Gasteiger charge is 2.16. The van der Waals surface area contributed by atoms with Gasteiger partial charge in [0, 0.05) is 12.1 Å². The summed E-state index contributed by atoms with van der Waals surface area (Å²) >= 11 is 5.63. The van der Waals surface area contributed by atoms with Crippen molar-refractivity contribution in [1.82, 2.24) is 0 Å². The molecule has 0 bridgehead atoms. The zero-order valence-electron chi connectivity index (χ0n) is 8.25. The lowest BCUT2D eigenvalue weighted by atomic mass is 10.2. The highest BCUT2D eigenvalue weighted by atomic mass is 35.5. The van der Waals surface area contributed by atoms with Gasteiger partial charge >= 0.3 is 11.9 Å². The number of aliphatic carboxylic acids is 1. The van der Waals surface area contributed by atoms with E-state index in [0.717, 1.165) is 18.2 Å². The molecule has 0 atom stereocenters. The molecule has 1 N–H and O–H groups in total. The van der Waals surface area contributed by atoms with Crippen molar-refractivity contribution < 1.29 is 24.4 Å². The lowest BCUT2D eigenvalue weighted by Crippen LogP contribution is -2.13. The third kappa shape index (κ3) is 3.42. The molecule has 0 saturated heterocycles. The van der Waals surface area contributed by atoms with Crippen LogP contribution in [-0.2, 0) is 9.53 Å². The SMILES string of the molecule is O=C(O)COC(=O)c1ccc([N+](=O)[O-])cc1Cl. The number of hydrogen-bond acceptors (Lipinski definition) is 5. The van der Waals surface area contributed by atoms with Gasteiger partial charge in [-0.2, -0.15) is 0 Å². The van der Waals surface area contributed by atoms with Gasteiger partial charge in [-0.25, -0.2) is 9.59 Å². The average Bonchev–Trinajstić information content (AvgIpc) is 2.25. The van der Waals surface area contributed by atoms with Crippen molar-refractivity contribution in [2.45, 2.75) is 0 Å². The van der Waals surface area contributed by atoms with Crippen LogP contribution >= 0.6 is 11.6 Å². The second kappa shape index (κ2) is 5.26. The van der Waals surface area contributed by atoms with Crippen LogP contribution in [-0.4, -0.2) is 28.6 Å². The van der Waals surface area contributed by atoms with Gasteiger partial charge in [0.05, 0.1) is 15.5 Å². The first kappa shape index (κ1) is 12.9.